The predicted molar refractivity (Wildman–Crippen MR) is 98.2 cm³/mol. The smallest absolute Gasteiger partial charge is 0.275 e. The molecule has 2 aromatic rings. The van der Waals surface area contributed by atoms with Gasteiger partial charge in [-0.3, -0.25) is 9.59 Å². The van der Waals surface area contributed by atoms with Crippen molar-refractivity contribution in [1.82, 2.24) is 19.4 Å². The topological polar surface area (TPSA) is 101 Å². The summed E-state index contributed by atoms with van der Waals surface area (Å²) >= 11 is 0. The monoisotopic (exact) mass is 378 g/mol. The molecule has 9 heteroatoms. The van der Waals surface area contributed by atoms with Crippen LogP contribution in [0.4, 0.5) is 0 Å². The molecule has 0 aliphatic carbocycles. The van der Waals surface area contributed by atoms with Gasteiger partial charge in [0.15, 0.2) is 0 Å². The molecular weight excluding hydrogens is 356 g/mol. The lowest BCUT2D eigenvalue weighted by molar-refractivity contribution is -0.133. The van der Waals surface area contributed by atoms with E-state index < -0.39 is 10.0 Å². The lowest BCUT2D eigenvalue weighted by Crippen LogP contribution is -2.48. The quantitative estimate of drug-likeness (QED) is 0.808. The number of likely N-dealkylation sites (tertiary alicyclic amines) is 1. The molecule has 1 saturated heterocycles. The molecule has 26 heavy (non-hydrogen) atoms. The van der Waals surface area contributed by atoms with Crippen LogP contribution in [0.1, 0.15) is 19.8 Å². The number of nitrogens with one attached hydrogen (secondary N) is 1. The zero-order chi connectivity index (χ0) is 18.7. The van der Waals surface area contributed by atoms with Crippen LogP contribution in [0.15, 0.2) is 35.3 Å². The molecule has 1 N–H and O–H groups in total. The minimum atomic E-state index is -3.24. The molecule has 0 bridgehead atoms. The first-order valence-corrected chi connectivity index (χ1v) is 10.3. The summed E-state index contributed by atoms with van der Waals surface area (Å²) in [6.07, 6.45) is 2.70. The highest BCUT2D eigenvalue weighted by Crippen LogP contribution is 2.12. The fraction of sp³-hybridized carbons (Fsp3) is 0.471. The molecule has 8 nitrogen and oxygen atoms in total. The summed E-state index contributed by atoms with van der Waals surface area (Å²) in [5.74, 6) is -0.144. The van der Waals surface area contributed by atoms with Gasteiger partial charge in [0.25, 0.3) is 5.56 Å². The third-order valence-electron chi connectivity index (χ3n) is 4.62. The van der Waals surface area contributed by atoms with Gasteiger partial charge in [0.1, 0.15) is 6.54 Å². The first kappa shape index (κ1) is 18.5. The molecule has 1 aliphatic heterocycles. The molecule has 0 unspecified atom stereocenters. The second kappa shape index (κ2) is 7.55. The van der Waals surface area contributed by atoms with Gasteiger partial charge in [0.2, 0.25) is 15.9 Å². The zero-order valence-corrected chi connectivity index (χ0v) is 15.4. The number of carbonyl (C=O) groups excluding carboxylic acids is 1. The SMILES string of the molecule is CCS(=O)(=O)NC1CCN(C(=O)Cn2ncc3ccccc3c2=O)CC1. The number of sulfonamides is 1. The normalized spacial score (nSPS) is 16.1. The number of hydrogen-bond acceptors (Lipinski definition) is 5. The molecule has 0 saturated carbocycles. The summed E-state index contributed by atoms with van der Waals surface area (Å²) in [6, 6.07) is 6.97. The van der Waals surface area contributed by atoms with E-state index in [0.717, 1.165) is 5.39 Å². The molecular formula is C17H22N4O4S. The lowest BCUT2D eigenvalue weighted by atomic mass is 10.1. The van der Waals surface area contributed by atoms with Crippen molar-refractivity contribution in [3.05, 3.63) is 40.8 Å². The molecule has 0 radical (unpaired) electrons. The van der Waals surface area contributed by atoms with Gasteiger partial charge in [-0.15, -0.1) is 0 Å². The van der Waals surface area contributed by atoms with Crippen LogP contribution in [-0.2, 0) is 21.4 Å². The molecule has 1 aromatic heterocycles. The number of carbonyl (C=O) groups is 1. The largest absolute Gasteiger partial charge is 0.341 e. The summed E-state index contributed by atoms with van der Waals surface area (Å²) in [4.78, 5) is 26.6. The average molecular weight is 378 g/mol. The van der Waals surface area contributed by atoms with Crippen LogP contribution in [0.2, 0.25) is 0 Å². The van der Waals surface area contributed by atoms with E-state index in [4.69, 9.17) is 0 Å². The van der Waals surface area contributed by atoms with Crippen molar-refractivity contribution in [3.8, 4) is 0 Å². The molecule has 1 aromatic carbocycles. The van der Waals surface area contributed by atoms with Crippen molar-refractivity contribution in [3.63, 3.8) is 0 Å². The van der Waals surface area contributed by atoms with Crippen molar-refractivity contribution in [2.45, 2.75) is 32.4 Å². The van der Waals surface area contributed by atoms with Gasteiger partial charge in [0, 0.05) is 24.5 Å². The Morgan fingerprint density at radius 3 is 2.65 bits per heavy atom. The highest BCUT2D eigenvalue weighted by atomic mass is 32.2. The number of aromatic nitrogens is 2. The Kier molecular flexibility index (Phi) is 5.38. The number of piperidine rings is 1. The van der Waals surface area contributed by atoms with E-state index in [0.29, 0.717) is 31.3 Å². The van der Waals surface area contributed by atoms with Gasteiger partial charge in [-0.05, 0) is 25.8 Å². The minimum Gasteiger partial charge on any atom is -0.341 e. The summed E-state index contributed by atoms with van der Waals surface area (Å²) in [5.41, 5.74) is -0.290. The van der Waals surface area contributed by atoms with E-state index >= 15 is 0 Å². The van der Waals surface area contributed by atoms with Gasteiger partial charge >= 0.3 is 0 Å². The van der Waals surface area contributed by atoms with Crippen molar-refractivity contribution < 1.29 is 13.2 Å². The third kappa shape index (κ3) is 4.10. The fourth-order valence-electron chi connectivity index (χ4n) is 3.05. The summed E-state index contributed by atoms with van der Waals surface area (Å²) < 4.78 is 27.1. The van der Waals surface area contributed by atoms with Gasteiger partial charge in [0.05, 0.1) is 17.3 Å². The molecule has 0 atom stereocenters. The first-order valence-electron chi connectivity index (χ1n) is 8.62. The lowest BCUT2D eigenvalue weighted by Gasteiger charge is -2.32. The molecule has 3 rings (SSSR count). The molecule has 2 heterocycles. The van der Waals surface area contributed by atoms with Gasteiger partial charge in [-0.2, -0.15) is 5.10 Å². The van der Waals surface area contributed by atoms with E-state index in [1.165, 1.54) is 4.68 Å². The summed E-state index contributed by atoms with van der Waals surface area (Å²) in [6.45, 7) is 2.39. The predicted octanol–water partition coefficient (Wildman–Crippen LogP) is 0.327. The number of rotatable bonds is 5. The molecule has 1 aliphatic rings. The van der Waals surface area contributed by atoms with Crippen LogP contribution < -0.4 is 10.3 Å². The van der Waals surface area contributed by atoms with Crippen LogP contribution >= 0.6 is 0 Å². The van der Waals surface area contributed by atoms with Crippen LogP contribution in [0.25, 0.3) is 10.8 Å². The number of fused-ring (bicyclic) bond motifs is 1. The van der Waals surface area contributed by atoms with Crippen LogP contribution in [0.5, 0.6) is 0 Å². The standard InChI is InChI=1S/C17H22N4O4S/c1-2-26(24,25)19-14-7-9-20(10-8-14)16(22)12-21-17(23)15-6-4-3-5-13(15)11-18-21/h3-6,11,14,19H,2,7-10,12H2,1H3. The molecule has 1 amide bonds. The number of hydrogen-bond donors (Lipinski definition) is 1. The third-order valence-corrected chi connectivity index (χ3v) is 6.07. The maximum absolute atomic E-state index is 12.5. The number of benzene rings is 1. The Morgan fingerprint density at radius 1 is 1.27 bits per heavy atom. The summed E-state index contributed by atoms with van der Waals surface area (Å²) in [7, 11) is -3.24. The highest BCUT2D eigenvalue weighted by Gasteiger charge is 2.25. The first-order chi connectivity index (χ1) is 12.4. The number of nitrogens with zero attached hydrogens (tertiary/aromatic N) is 3. The second-order valence-electron chi connectivity index (χ2n) is 6.37. The molecule has 0 spiro atoms. The second-order valence-corrected chi connectivity index (χ2v) is 8.41. The zero-order valence-electron chi connectivity index (χ0n) is 14.6. The van der Waals surface area contributed by atoms with Crippen LogP contribution in [-0.4, -0.2) is 53.9 Å². The highest BCUT2D eigenvalue weighted by molar-refractivity contribution is 7.89. The minimum absolute atomic E-state index is 0.0443. The Hall–Kier alpha value is -2.26. The van der Waals surface area contributed by atoms with Crippen LogP contribution in [0.3, 0.4) is 0 Å². The van der Waals surface area contributed by atoms with E-state index in [-0.39, 0.29) is 29.8 Å². The average Bonchev–Trinajstić information content (AvgIpc) is 2.64. The van der Waals surface area contributed by atoms with Crippen LogP contribution in [0, 0.1) is 0 Å². The molecule has 140 valence electrons. The maximum Gasteiger partial charge on any atom is 0.275 e. The Labute approximate surface area is 151 Å². The Bertz CT molecular complexity index is 962. The van der Waals surface area contributed by atoms with Crippen molar-refractivity contribution >= 4 is 26.7 Å². The van der Waals surface area contributed by atoms with E-state index in [1.807, 2.05) is 6.07 Å². The van der Waals surface area contributed by atoms with Crippen molar-refractivity contribution in [1.29, 1.82) is 0 Å². The van der Waals surface area contributed by atoms with Gasteiger partial charge in [-0.1, -0.05) is 18.2 Å². The fourth-order valence-corrected chi connectivity index (χ4v) is 3.96. The van der Waals surface area contributed by atoms with Crippen molar-refractivity contribution in [2.75, 3.05) is 18.8 Å². The van der Waals surface area contributed by atoms with Gasteiger partial charge < -0.3 is 4.90 Å². The van der Waals surface area contributed by atoms with E-state index in [9.17, 15) is 18.0 Å². The maximum atomic E-state index is 12.5. The van der Waals surface area contributed by atoms with Gasteiger partial charge in [-0.25, -0.2) is 17.8 Å². The van der Waals surface area contributed by atoms with E-state index in [1.54, 1.807) is 36.2 Å². The Balaban J connectivity index is 1.63. The number of amides is 1. The summed E-state index contributed by atoms with van der Waals surface area (Å²) in [5, 5.41) is 5.35. The Morgan fingerprint density at radius 2 is 1.96 bits per heavy atom. The molecule has 1 fully saturated rings. The van der Waals surface area contributed by atoms with E-state index in [2.05, 4.69) is 9.82 Å². The van der Waals surface area contributed by atoms with Crippen molar-refractivity contribution in [2.24, 2.45) is 0 Å².